The molecule has 0 atom stereocenters. The molecule has 0 fully saturated rings. The van der Waals surface area contributed by atoms with Gasteiger partial charge in [0, 0.05) is 25.0 Å². The summed E-state index contributed by atoms with van der Waals surface area (Å²) in [6.07, 6.45) is 4.26. The van der Waals surface area contributed by atoms with Crippen molar-refractivity contribution in [1.29, 1.82) is 0 Å². The van der Waals surface area contributed by atoms with Crippen molar-refractivity contribution in [3.8, 4) is 0 Å². The third-order valence-electron chi connectivity index (χ3n) is 2.14. The molecule has 0 spiro atoms. The van der Waals surface area contributed by atoms with Gasteiger partial charge in [0.05, 0.1) is 0 Å². The maximum absolute atomic E-state index is 5.67. The summed E-state index contributed by atoms with van der Waals surface area (Å²) in [6.45, 7) is 4.98. The minimum Gasteiger partial charge on any atom is -0.399 e. The van der Waals surface area contributed by atoms with Crippen LogP contribution in [0.4, 0.5) is 11.4 Å². The summed E-state index contributed by atoms with van der Waals surface area (Å²) in [5.41, 5.74) is 8.97. The molecule has 1 aromatic rings. The van der Waals surface area contributed by atoms with Gasteiger partial charge < -0.3 is 10.6 Å². The Morgan fingerprint density at radius 1 is 1.29 bits per heavy atom. The zero-order valence-electron chi connectivity index (χ0n) is 9.12. The first kappa shape index (κ1) is 10.6. The zero-order valence-corrected chi connectivity index (χ0v) is 9.12. The van der Waals surface area contributed by atoms with Crippen molar-refractivity contribution in [3.05, 3.63) is 29.8 Å². The number of rotatable bonds is 0. The Hall–Kier alpha value is -1.44. The number of hydrogen-bond donors (Lipinski definition) is 1. The van der Waals surface area contributed by atoms with Gasteiger partial charge in [-0.15, -0.1) is 0 Å². The molecule has 0 aromatic heterocycles. The number of nitrogens with zero attached hydrogens (tertiary/aromatic N) is 1. The second-order valence-corrected chi connectivity index (χ2v) is 3.10. The minimum absolute atomic E-state index is 0.828. The molecule has 0 saturated carbocycles. The smallest absolute Gasteiger partial charge is 0.0441 e. The third kappa shape index (κ3) is 2.08. The molecule has 0 unspecified atom stereocenters. The van der Waals surface area contributed by atoms with E-state index in [1.165, 1.54) is 11.3 Å². The number of anilines is 2. The predicted molar refractivity (Wildman–Crippen MR) is 64.5 cm³/mol. The Kier molecular flexibility index (Phi) is 3.57. The number of likely N-dealkylation sites (N-methyl/N-ethyl adjacent to an activating group) is 1. The van der Waals surface area contributed by atoms with Crippen LogP contribution in [0.1, 0.15) is 19.4 Å². The zero-order chi connectivity index (χ0) is 10.6. The van der Waals surface area contributed by atoms with Crippen LogP contribution in [0.25, 0.3) is 6.08 Å². The van der Waals surface area contributed by atoms with Crippen LogP contribution in [0.3, 0.4) is 0 Å². The highest BCUT2D eigenvalue weighted by molar-refractivity contribution is 5.73. The molecule has 1 heterocycles. The van der Waals surface area contributed by atoms with Crippen molar-refractivity contribution in [2.45, 2.75) is 13.8 Å². The van der Waals surface area contributed by atoms with Crippen molar-refractivity contribution in [1.82, 2.24) is 0 Å². The van der Waals surface area contributed by atoms with Gasteiger partial charge in [-0.1, -0.05) is 26.0 Å². The fourth-order valence-electron chi connectivity index (χ4n) is 1.49. The lowest BCUT2D eigenvalue weighted by Crippen LogP contribution is -2.20. The molecule has 0 aliphatic carbocycles. The van der Waals surface area contributed by atoms with E-state index in [0.717, 1.165) is 12.2 Å². The molecule has 76 valence electrons. The van der Waals surface area contributed by atoms with Crippen LogP contribution < -0.4 is 10.6 Å². The highest BCUT2D eigenvalue weighted by Crippen LogP contribution is 2.26. The average molecular weight is 190 g/mol. The average Bonchev–Trinajstić information content (AvgIpc) is 2.21. The summed E-state index contributed by atoms with van der Waals surface area (Å²) in [4.78, 5) is 2.20. The molecule has 2 rings (SSSR count). The van der Waals surface area contributed by atoms with Gasteiger partial charge in [-0.3, -0.25) is 0 Å². The van der Waals surface area contributed by atoms with E-state index in [2.05, 4.69) is 30.2 Å². The summed E-state index contributed by atoms with van der Waals surface area (Å²) >= 11 is 0. The van der Waals surface area contributed by atoms with Crippen molar-refractivity contribution < 1.29 is 0 Å². The van der Waals surface area contributed by atoms with E-state index in [4.69, 9.17) is 5.73 Å². The van der Waals surface area contributed by atoms with E-state index in [0.29, 0.717) is 0 Å². The fourth-order valence-corrected chi connectivity index (χ4v) is 1.49. The van der Waals surface area contributed by atoms with Gasteiger partial charge in [0.15, 0.2) is 0 Å². The van der Waals surface area contributed by atoms with E-state index in [1.54, 1.807) is 0 Å². The summed E-state index contributed by atoms with van der Waals surface area (Å²) < 4.78 is 0. The van der Waals surface area contributed by atoms with E-state index in [1.807, 2.05) is 26.0 Å². The molecular formula is C12H18N2. The summed E-state index contributed by atoms with van der Waals surface area (Å²) in [6, 6.07) is 6.00. The van der Waals surface area contributed by atoms with E-state index in [9.17, 15) is 0 Å². The predicted octanol–water partition coefficient (Wildman–Crippen LogP) is 2.76. The third-order valence-corrected chi connectivity index (χ3v) is 2.14. The van der Waals surface area contributed by atoms with Gasteiger partial charge >= 0.3 is 0 Å². The molecular weight excluding hydrogens is 172 g/mol. The Bertz CT molecular complexity index is 329. The number of benzene rings is 1. The maximum Gasteiger partial charge on any atom is 0.0441 e. The monoisotopic (exact) mass is 190 g/mol. The van der Waals surface area contributed by atoms with E-state index < -0.39 is 0 Å². The summed E-state index contributed by atoms with van der Waals surface area (Å²) in [5, 5.41) is 0. The standard InChI is InChI=1S/C10H12N2.C2H6/c1-12-6-2-3-8-7-9(11)4-5-10(8)12;1-2/h2-5,7H,6,11H2,1H3;1-2H3. The number of nitrogen functional groups attached to an aromatic ring is 1. The van der Waals surface area contributed by atoms with Gasteiger partial charge in [0.2, 0.25) is 0 Å². The molecule has 1 aromatic carbocycles. The van der Waals surface area contributed by atoms with Crippen LogP contribution in [0, 0.1) is 0 Å². The van der Waals surface area contributed by atoms with E-state index >= 15 is 0 Å². The first-order chi connectivity index (χ1) is 6.77. The first-order valence-electron chi connectivity index (χ1n) is 5.04. The Labute approximate surface area is 86.0 Å². The molecule has 2 N–H and O–H groups in total. The Morgan fingerprint density at radius 2 is 2.00 bits per heavy atom. The lowest BCUT2D eigenvalue weighted by Gasteiger charge is -2.23. The van der Waals surface area contributed by atoms with Gasteiger partial charge in [-0.25, -0.2) is 0 Å². The fraction of sp³-hybridized carbons (Fsp3) is 0.333. The highest BCUT2D eigenvalue weighted by atomic mass is 15.1. The maximum atomic E-state index is 5.67. The van der Waals surface area contributed by atoms with E-state index in [-0.39, 0.29) is 0 Å². The summed E-state index contributed by atoms with van der Waals surface area (Å²) in [7, 11) is 2.08. The molecule has 0 amide bonds. The summed E-state index contributed by atoms with van der Waals surface area (Å²) in [5.74, 6) is 0. The molecule has 0 saturated heterocycles. The van der Waals surface area contributed by atoms with Crippen LogP contribution in [0.2, 0.25) is 0 Å². The van der Waals surface area contributed by atoms with Crippen LogP contribution in [-0.4, -0.2) is 13.6 Å². The van der Waals surface area contributed by atoms with Crippen molar-refractivity contribution in [2.24, 2.45) is 0 Å². The molecule has 2 heteroatoms. The van der Waals surface area contributed by atoms with Crippen molar-refractivity contribution in [2.75, 3.05) is 24.2 Å². The number of hydrogen-bond acceptors (Lipinski definition) is 2. The molecule has 1 aliphatic rings. The Balaban J connectivity index is 0.000000461. The number of nitrogens with two attached hydrogens (primary N) is 1. The lowest BCUT2D eigenvalue weighted by atomic mass is 10.1. The number of fused-ring (bicyclic) bond motifs is 1. The van der Waals surface area contributed by atoms with Gasteiger partial charge in [-0.05, 0) is 23.8 Å². The second-order valence-electron chi connectivity index (χ2n) is 3.10. The van der Waals surface area contributed by atoms with Gasteiger partial charge in [-0.2, -0.15) is 0 Å². The molecule has 14 heavy (non-hydrogen) atoms. The highest BCUT2D eigenvalue weighted by Gasteiger charge is 2.07. The van der Waals surface area contributed by atoms with Crippen LogP contribution in [-0.2, 0) is 0 Å². The van der Waals surface area contributed by atoms with Crippen LogP contribution in [0.15, 0.2) is 24.3 Å². The van der Waals surface area contributed by atoms with Crippen LogP contribution >= 0.6 is 0 Å². The first-order valence-corrected chi connectivity index (χ1v) is 5.04. The largest absolute Gasteiger partial charge is 0.399 e. The lowest BCUT2D eigenvalue weighted by molar-refractivity contribution is 1.02. The molecule has 1 aliphatic heterocycles. The Morgan fingerprint density at radius 3 is 2.71 bits per heavy atom. The molecule has 2 nitrogen and oxygen atoms in total. The normalized spacial score (nSPS) is 12.9. The van der Waals surface area contributed by atoms with Gasteiger partial charge in [0.1, 0.15) is 0 Å². The minimum atomic E-state index is 0.828. The molecule has 0 bridgehead atoms. The van der Waals surface area contributed by atoms with Crippen molar-refractivity contribution in [3.63, 3.8) is 0 Å². The molecule has 0 radical (unpaired) electrons. The topological polar surface area (TPSA) is 29.3 Å². The van der Waals surface area contributed by atoms with Crippen molar-refractivity contribution >= 4 is 17.5 Å². The SMILES string of the molecule is CC.CN1CC=Cc2cc(N)ccc21. The second kappa shape index (κ2) is 4.70. The quantitative estimate of drug-likeness (QED) is 0.637. The van der Waals surface area contributed by atoms with Gasteiger partial charge in [0.25, 0.3) is 0 Å². The van der Waals surface area contributed by atoms with Crippen LogP contribution in [0.5, 0.6) is 0 Å².